The van der Waals surface area contributed by atoms with Crippen LogP contribution in [0.3, 0.4) is 0 Å². The van der Waals surface area contributed by atoms with E-state index in [0.717, 1.165) is 0 Å². The van der Waals surface area contributed by atoms with E-state index in [9.17, 15) is 0 Å². The largest absolute Gasteiger partial charge is 2.00 e. The van der Waals surface area contributed by atoms with E-state index in [1.54, 1.807) is 0 Å². The molecule has 0 aromatic rings. The minimum Gasteiger partial charge on any atom is -1.00 e. The molecule has 0 N–H and O–H groups in total. The molecule has 22 valence electrons. The molecule has 0 spiro atoms. The van der Waals surface area contributed by atoms with E-state index in [0.29, 0.717) is 0 Å². The van der Waals surface area contributed by atoms with Crippen LogP contribution in [-0.4, -0.2) is 44.2 Å². The number of carbonyl (C=O) groups is 1. The Morgan fingerprint density at radius 2 is 1.80 bits per heavy atom. The Morgan fingerprint density at radius 3 is 1.80 bits per heavy atom. The van der Waals surface area contributed by atoms with Crippen LogP contribution in [0.4, 0.5) is 0 Å². The monoisotopic (exact) mass is 110 g/mol. The number of carboxylic acid groups (broad SMARTS) is 1. The second-order valence-electron chi connectivity index (χ2n) is 0.0962. The summed E-state index contributed by atoms with van der Waals surface area (Å²) in [6.07, 6.45) is 0. The van der Waals surface area contributed by atoms with Crippen LogP contribution in [0.15, 0.2) is 0 Å². The van der Waals surface area contributed by atoms with Crippen molar-refractivity contribution in [2.24, 2.45) is 0 Å². The van der Waals surface area contributed by atoms with Crippen molar-refractivity contribution in [3.05, 3.63) is 0 Å². The summed E-state index contributed by atoms with van der Waals surface area (Å²) < 4.78 is 0. The number of rotatable bonds is 0. The first kappa shape index (κ1) is 15.9. The van der Waals surface area contributed by atoms with Gasteiger partial charge in [-0.3, -0.25) is 0 Å². The van der Waals surface area contributed by atoms with Gasteiger partial charge in [0.15, 0.2) is 0 Å². The van der Waals surface area contributed by atoms with Crippen LogP contribution in [0.2, 0.25) is 0 Å². The van der Waals surface area contributed by atoms with Gasteiger partial charge in [-0.2, -0.15) is 0 Å². The molecule has 0 fully saturated rings. The smallest absolute Gasteiger partial charge is 1.00 e. The zero-order valence-corrected chi connectivity index (χ0v) is 7.31. The first-order valence-electron chi connectivity index (χ1n) is 0.471. The maximum Gasteiger partial charge on any atom is 2.00 e. The van der Waals surface area contributed by atoms with E-state index >= 15 is 0 Å². The Hall–Kier alpha value is 1.73. The fourth-order valence-corrected chi connectivity index (χ4v) is 0. The minimum absolute atomic E-state index is 0. The molecule has 2 nitrogen and oxygen atoms in total. The molecule has 0 unspecified atom stereocenters. The van der Waals surface area contributed by atoms with Gasteiger partial charge in [-0.05, 0) is 0 Å². The van der Waals surface area contributed by atoms with Crippen molar-refractivity contribution in [2.75, 3.05) is 0 Å². The molecular formula is CH3CaNaO2. The molecule has 0 saturated heterocycles. The summed E-state index contributed by atoms with van der Waals surface area (Å²) in [5.41, 5.74) is 0. The molecule has 5 heavy (non-hydrogen) atoms. The summed E-state index contributed by atoms with van der Waals surface area (Å²) in [6, 6.07) is 0. The summed E-state index contributed by atoms with van der Waals surface area (Å²) in [5, 5.41) is 8.25. The van der Waals surface area contributed by atoms with Crippen molar-refractivity contribution < 1.29 is 42.3 Å². The average molecular weight is 110 g/mol. The molecule has 0 saturated carbocycles. The molecule has 0 radical (unpaired) electrons. The maximum absolute atomic E-state index is 8.25. The van der Waals surface area contributed by atoms with Crippen molar-refractivity contribution in [1.82, 2.24) is 0 Å². The maximum atomic E-state index is 8.25. The minimum atomic E-state index is -0.500. The van der Waals surface area contributed by atoms with Crippen molar-refractivity contribution in [3.63, 3.8) is 0 Å². The fourth-order valence-electron chi connectivity index (χ4n) is 0. The molecule has 4 heteroatoms. The third-order valence-electron chi connectivity index (χ3n) is 0. The van der Waals surface area contributed by atoms with Crippen LogP contribution < -0.4 is 34.7 Å². The molecule has 0 atom stereocenters. The summed E-state index contributed by atoms with van der Waals surface area (Å²) in [4.78, 5) is 8.25. The SMILES string of the molecule is O=C[O-].[Ca+2].[H-].[H-].[Na+]. The second kappa shape index (κ2) is 17.2. The zero-order chi connectivity index (χ0) is 2.71. The van der Waals surface area contributed by atoms with Crippen LogP contribution in [0.25, 0.3) is 0 Å². The Balaban J connectivity index is -0.00000000333. The summed E-state index contributed by atoms with van der Waals surface area (Å²) >= 11 is 0. The zero-order valence-electron chi connectivity index (χ0n) is 5.10. The van der Waals surface area contributed by atoms with Crippen LogP contribution in [0, 0.1) is 0 Å². The Morgan fingerprint density at radius 1 is 1.80 bits per heavy atom. The Labute approximate surface area is 85.2 Å². The summed E-state index contributed by atoms with van der Waals surface area (Å²) in [5.74, 6) is 0. The number of hydrogen-bond donors (Lipinski definition) is 0. The normalized spacial score (nSPS) is 2.40. The van der Waals surface area contributed by atoms with Crippen molar-refractivity contribution >= 4 is 44.2 Å². The van der Waals surface area contributed by atoms with Crippen molar-refractivity contribution in [2.45, 2.75) is 0 Å². The standard InChI is InChI=1S/CH2O2.Ca.Na.2H/c2-1-3;;;;/h1H,(H,2,3);;;;/q;+2;+1;2*-1/p-1. The molecule has 0 bridgehead atoms. The van der Waals surface area contributed by atoms with Gasteiger partial charge in [-0.15, -0.1) is 0 Å². The van der Waals surface area contributed by atoms with E-state index in [2.05, 4.69) is 0 Å². The summed E-state index contributed by atoms with van der Waals surface area (Å²) in [7, 11) is 0. The van der Waals surface area contributed by atoms with Gasteiger partial charge < -0.3 is 12.8 Å². The first-order valence-corrected chi connectivity index (χ1v) is 0.471. The van der Waals surface area contributed by atoms with Crippen molar-refractivity contribution in [1.29, 1.82) is 0 Å². The van der Waals surface area contributed by atoms with E-state index in [1.807, 2.05) is 0 Å². The third-order valence-corrected chi connectivity index (χ3v) is 0. The molecule has 0 heterocycles. The predicted molar refractivity (Wildman–Crippen MR) is 14.0 cm³/mol. The van der Waals surface area contributed by atoms with Crippen molar-refractivity contribution in [3.8, 4) is 0 Å². The number of carbonyl (C=O) groups excluding carboxylic acids is 1. The quantitative estimate of drug-likeness (QED) is 0.232. The number of hydrogen-bond acceptors (Lipinski definition) is 2. The molecule has 0 aliphatic carbocycles. The van der Waals surface area contributed by atoms with Gasteiger partial charge in [0.05, 0.1) is 0 Å². The molecule has 0 aliphatic rings. The van der Waals surface area contributed by atoms with E-state index in [1.165, 1.54) is 0 Å². The Kier molecular flexibility index (Phi) is 54.6. The second-order valence-corrected chi connectivity index (χ2v) is 0.0962. The predicted octanol–water partition coefficient (Wildman–Crippen LogP) is -4.79. The molecular weight excluding hydrogens is 107 g/mol. The van der Waals surface area contributed by atoms with Crippen LogP contribution in [-0.2, 0) is 4.79 Å². The molecule has 0 aliphatic heterocycles. The van der Waals surface area contributed by atoms with Gasteiger partial charge in [0, 0.05) is 6.47 Å². The fraction of sp³-hybridized carbons (Fsp3) is 0. The molecule has 0 aromatic carbocycles. The first-order chi connectivity index (χ1) is 1.41. The van der Waals surface area contributed by atoms with E-state index < -0.39 is 6.47 Å². The average Bonchev–Trinajstić information content (AvgIpc) is 0.918. The van der Waals surface area contributed by atoms with Crippen LogP contribution >= 0.6 is 0 Å². The molecule has 0 amide bonds. The topological polar surface area (TPSA) is 40.1 Å². The van der Waals surface area contributed by atoms with Gasteiger partial charge in [-0.1, -0.05) is 0 Å². The van der Waals surface area contributed by atoms with E-state index in [4.69, 9.17) is 9.90 Å². The molecule has 0 aromatic heterocycles. The molecule has 0 rings (SSSR count). The van der Waals surface area contributed by atoms with Gasteiger partial charge in [0.1, 0.15) is 0 Å². The summed E-state index contributed by atoms with van der Waals surface area (Å²) in [6.45, 7) is -0.500. The van der Waals surface area contributed by atoms with Gasteiger partial charge >= 0.3 is 67.3 Å². The van der Waals surface area contributed by atoms with Gasteiger partial charge in [0.25, 0.3) is 0 Å². The third kappa shape index (κ3) is 26.6. The van der Waals surface area contributed by atoms with Crippen LogP contribution in [0.1, 0.15) is 2.85 Å². The van der Waals surface area contributed by atoms with Gasteiger partial charge in [-0.25, -0.2) is 0 Å². The Bertz CT molecular complexity index is 23.2. The van der Waals surface area contributed by atoms with Gasteiger partial charge in [0.2, 0.25) is 0 Å². The van der Waals surface area contributed by atoms with E-state index in [-0.39, 0.29) is 70.1 Å². The van der Waals surface area contributed by atoms with Crippen LogP contribution in [0.5, 0.6) is 0 Å².